The van der Waals surface area contributed by atoms with Gasteiger partial charge in [0.15, 0.2) is 0 Å². The highest BCUT2D eigenvalue weighted by atomic mass is 32.2. The van der Waals surface area contributed by atoms with Crippen molar-refractivity contribution in [2.45, 2.75) is 30.6 Å². The van der Waals surface area contributed by atoms with Crippen molar-refractivity contribution in [2.24, 2.45) is 5.92 Å². The highest BCUT2D eigenvalue weighted by Crippen LogP contribution is 2.15. The molecule has 0 spiro atoms. The molecule has 1 fully saturated rings. The molecule has 1 aromatic carbocycles. The molecule has 0 aliphatic carbocycles. The molecular formula is C17H25N3O5S. The SMILES string of the molecule is O=C(O)CCNS(=O)(=O)c1cccc(C(=O)NCCC2CCNCC2)c1. The van der Waals surface area contributed by atoms with Gasteiger partial charge in [0.1, 0.15) is 0 Å². The van der Waals surface area contributed by atoms with Gasteiger partial charge in [-0.15, -0.1) is 0 Å². The van der Waals surface area contributed by atoms with E-state index in [4.69, 9.17) is 5.11 Å². The second-order valence-corrected chi connectivity index (χ2v) is 8.07. The predicted octanol–water partition coefficient (Wildman–Crippen LogP) is 0.559. The van der Waals surface area contributed by atoms with Crippen LogP contribution in [0.1, 0.15) is 36.0 Å². The van der Waals surface area contributed by atoms with Gasteiger partial charge in [-0.25, -0.2) is 13.1 Å². The molecule has 26 heavy (non-hydrogen) atoms. The number of hydrogen-bond donors (Lipinski definition) is 4. The van der Waals surface area contributed by atoms with Crippen LogP contribution in [-0.2, 0) is 14.8 Å². The second-order valence-electron chi connectivity index (χ2n) is 6.31. The molecule has 4 N–H and O–H groups in total. The Kier molecular flexibility index (Phi) is 7.55. The van der Waals surface area contributed by atoms with Gasteiger partial charge in [-0.1, -0.05) is 6.07 Å². The Morgan fingerprint density at radius 3 is 2.62 bits per heavy atom. The monoisotopic (exact) mass is 383 g/mol. The van der Waals surface area contributed by atoms with E-state index in [9.17, 15) is 18.0 Å². The van der Waals surface area contributed by atoms with E-state index in [2.05, 4.69) is 15.4 Å². The van der Waals surface area contributed by atoms with Crippen molar-refractivity contribution < 1.29 is 23.1 Å². The third-order valence-electron chi connectivity index (χ3n) is 4.33. The zero-order valence-corrected chi connectivity index (χ0v) is 15.3. The molecule has 1 saturated heterocycles. The number of carbonyl (C=O) groups is 2. The largest absolute Gasteiger partial charge is 0.481 e. The average molecular weight is 383 g/mol. The number of piperidine rings is 1. The predicted molar refractivity (Wildman–Crippen MR) is 96.4 cm³/mol. The van der Waals surface area contributed by atoms with Crippen molar-refractivity contribution in [1.82, 2.24) is 15.4 Å². The first-order chi connectivity index (χ1) is 12.4. The van der Waals surface area contributed by atoms with Gasteiger partial charge in [-0.2, -0.15) is 0 Å². The van der Waals surface area contributed by atoms with Crippen LogP contribution in [0.25, 0.3) is 0 Å². The molecule has 1 amide bonds. The van der Waals surface area contributed by atoms with Crippen molar-refractivity contribution >= 4 is 21.9 Å². The molecule has 0 atom stereocenters. The first-order valence-electron chi connectivity index (χ1n) is 8.69. The standard InChI is InChI=1S/C17H25N3O5S/c21-16(22)7-11-20-26(24,25)15-3-1-2-14(12-15)17(23)19-10-6-13-4-8-18-9-5-13/h1-3,12-13,18,20H,4-11H2,(H,19,23)(H,21,22). The van der Waals surface area contributed by atoms with E-state index >= 15 is 0 Å². The van der Waals surface area contributed by atoms with E-state index < -0.39 is 16.0 Å². The minimum Gasteiger partial charge on any atom is -0.481 e. The van der Waals surface area contributed by atoms with Gasteiger partial charge < -0.3 is 15.7 Å². The molecule has 0 saturated carbocycles. The van der Waals surface area contributed by atoms with Gasteiger partial charge in [0, 0.05) is 18.7 Å². The molecule has 0 radical (unpaired) electrons. The van der Waals surface area contributed by atoms with Crippen LogP contribution in [0.3, 0.4) is 0 Å². The summed E-state index contributed by atoms with van der Waals surface area (Å²) in [6.07, 6.45) is 2.80. The van der Waals surface area contributed by atoms with E-state index in [0.29, 0.717) is 12.5 Å². The van der Waals surface area contributed by atoms with E-state index in [0.717, 1.165) is 32.4 Å². The van der Waals surface area contributed by atoms with Crippen molar-refractivity contribution in [1.29, 1.82) is 0 Å². The van der Waals surface area contributed by atoms with Crippen molar-refractivity contribution in [3.05, 3.63) is 29.8 Å². The molecule has 2 rings (SSSR count). The van der Waals surface area contributed by atoms with Gasteiger partial charge in [0.05, 0.1) is 11.3 Å². The summed E-state index contributed by atoms with van der Waals surface area (Å²) in [6, 6.07) is 5.71. The Bertz CT molecular complexity index is 730. The molecule has 0 unspecified atom stereocenters. The third-order valence-corrected chi connectivity index (χ3v) is 5.79. The molecule has 1 aliphatic rings. The normalized spacial score (nSPS) is 15.5. The maximum atomic E-state index is 12.3. The smallest absolute Gasteiger partial charge is 0.304 e. The third kappa shape index (κ3) is 6.40. The van der Waals surface area contributed by atoms with E-state index in [1.807, 2.05) is 0 Å². The number of benzene rings is 1. The summed E-state index contributed by atoms with van der Waals surface area (Å²) in [7, 11) is -3.85. The number of rotatable bonds is 9. The summed E-state index contributed by atoms with van der Waals surface area (Å²) in [6.45, 7) is 2.36. The second kappa shape index (κ2) is 9.65. The summed E-state index contributed by atoms with van der Waals surface area (Å²) < 4.78 is 26.5. The summed E-state index contributed by atoms with van der Waals surface area (Å²) in [5, 5.41) is 14.7. The zero-order valence-electron chi connectivity index (χ0n) is 14.5. The van der Waals surface area contributed by atoms with Gasteiger partial charge in [-0.3, -0.25) is 9.59 Å². The fourth-order valence-corrected chi connectivity index (χ4v) is 3.92. The lowest BCUT2D eigenvalue weighted by atomic mass is 9.95. The minimum atomic E-state index is -3.85. The fourth-order valence-electron chi connectivity index (χ4n) is 2.84. The number of aliphatic carboxylic acids is 1. The average Bonchev–Trinajstić information content (AvgIpc) is 2.62. The number of amides is 1. The Morgan fingerprint density at radius 1 is 1.19 bits per heavy atom. The number of carboxylic acids is 1. The van der Waals surface area contributed by atoms with Crippen LogP contribution >= 0.6 is 0 Å². The molecule has 0 bridgehead atoms. The van der Waals surface area contributed by atoms with Crippen LogP contribution in [0.2, 0.25) is 0 Å². The van der Waals surface area contributed by atoms with Crippen molar-refractivity contribution in [2.75, 3.05) is 26.2 Å². The molecule has 1 aromatic rings. The lowest BCUT2D eigenvalue weighted by Gasteiger charge is -2.22. The molecule has 8 nitrogen and oxygen atoms in total. The minimum absolute atomic E-state index is 0.0612. The Hall–Kier alpha value is -1.97. The molecule has 9 heteroatoms. The number of carboxylic acid groups (broad SMARTS) is 1. The highest BCUT2D eigenvalue weighted by Gasteiger charge is 2.17. The number of carbonyl (C=O) groups excluding carboxylic acids is 1. The first kappa shape index (κ1) is 20.3. The van der Waals surface area contributed by atoms with Crippen LogP contribution in [-0.4, -0.2) is 51.6 Å². The highest BCUT2D eigenvalue weighted by molar-refractivity contribution is 7.89. The summed E-state index contributed by atoms with van der Waals surface area (Å²) in [5.74, 6) is -0.808. The maximum Gasteiger partial charge on any atom is 0.304 e. The number of hydrogen-bond acceptors (Lipinski definition) is 5. The zero-order chi connectivity index (χ0) is 19.0. The molecular weight excluding hydrogens is 358 g/mol. The molecule has 1 aliphatic heterocycles. The van der Waals surface area contributed by atoms with Crippen molar-refractivity contribution in [3.63, 3.8) is 0 Å². The lowest BCUT2D eigenvalue weighted by Crippen LogP contribution is -2.31. The van der Waals surface area contributed by atoms with E-state index in [1.165, 1.54) is 18.2 Å². The first-order valence-corrected chi connectivity index (χ1v) is 10.2. The van der Waals surface area contributed by atoms with E-state index in [-0.39, 0.29) is 29.3 Å². The Balaban J connectivity index is 1.90. The molecule has 0 aromatic heterocycles. The van der Waals surface area contributed by atoms with Crippen LogP contribution in [0, 0.1) is 5.92 Å². The van der Waals surface area contributed by atoms with Gasteiger partial charge in [-0.05, 0) is 56.5 Å². The Morgan fingerprint density at radius 2 is 1.92 bits per heavy atom. The summed E-state index contributed by atoms with van der Waals surface area (Å²) in [4.78, 5) is 22.7. The van der Waals surface area contributed by atoms with Gasteiger partial charge in [0.2, 0.25) is 10.0 Å². The van der Waals surface area contributed by atoms with E-state index in [1.54, 1.807) is 6.07 Å². The van der Waals surface area contributed by atoms with Crippen LogP contribution in [0.4, 0.5) is 0 Å². The Labute approximate surface area is 153 Å². The van der Waals surface area contributed by atoms with Crippen molar-refractivity contribution in [3.8, 4) is 0 Å². The fraction of sp³-hybridized carbons (Fsp3) is 0.529. The number of nitrogens with one attached hydrogen (secondary N) is 3. The van der Waals surface area contributed by atoms with Crippen LogP contribution in [0.5, 0.6) is 0 Å². The maximum absolute atomic E-state index is 12.3. The number of sulfonamides is 1. The molecule has 1 heterocycles. The quantitative estimate of drug-likeness (QED) is 0.494. The van der Waals surface area contributed by atoms with Gasteiger partial charge in [0.25, 0.3) is 5.91 Å². The summed E-state index contributed by atoms with van der Waals surface area (Å²) in [5.41, 5.74) is 0.261. The molecule has 144 valence electrons. The topological polar surface area (TPSA) is 125 Å². The van der Waals surface area contributed by atoms with Crippen LogP contribution in [0.15, 0.2) is 29.2 Å². The summed E-state index contributed by atoms with van der Waals surface area (Å²) >= 11 is 0. The lowest BCUT2D eigenvalue weighted by molar-refractivity contribution is -0.136. The van der Waals surface area contributed by atoms with Gasteiger partial charge >= 0.3 is 5.97 Å². The van der Waals surface area contributed by atoms with Crippen LogP contribution < -0.4 is 15.4 Å².